The molecule has 2 N–H and O–H groups in total. The first-order valence-corrected chi connectivity index (χ1v) is 7.61. The van der Waals surface area contributed by atoms with Crippen LogP contribution in [-0.4, -0.2) is 46.1 Å². The molecule has 5 heteroatoms. The lowest BCUT2D eigenvalue weighted by molar-refractivity contribution is 0.179. The zero-order valence-corrected chi connectivity index (χ0v) is 11.9. The number of nitrogens with zero attached hydrogens (tertiary/aromatic N) is 4. The average molecular weight is 273 g/mol. The number of para-hydroxylation sites is 1. The Kier molecular flexibility index (Phi) is 4.28. The number of hydrogen-bond donors (Lipinski definition) is 1. The first-order valence-electron chi connectivity index (χ1n) is 7.61. The van der Waals surface area contributed by atoms with Crippen molar-refractivity contribution >= 4 is 11.0 Å². The summed E-state index contributed by atoms with van der Waals surface area (Å²) in [5.41, 5.74) is 7.71. The van der Waals surface area contributed by atoms with Gasteiger partial charge < -0.3 is 10.6 Å². The molecular formula is C15H23N5. The van der Waals surface area contributed by atoms with E-state index in [4.69, 9.17) is 5.73 Å². The van der Waals surface area contributed by atoms with Crippen LogP contribution in [0.1, 0.15) is 31.7 Å². The zero-order chi connectivity index (χ0) is 13.8. The molecule has 108 valence electrons. The molecule has 0 radical (unpaired) electrons. The number of nitrogens with two attached hydrogens (primary N) is 1. The fourth-order valence-electron chi connectivity index (χ4n) is 3.02. The molecule has 0 amide bonds. The van der Waals surface area contributed by atoms with Crippen molar-refractivity contribution in [2.75, 3.05) is 26.2 Å². The summed E-state index contributed by atoms with van der Waals surface area (Å²) < 4.78 is 2.12. The number of aromatic nitrogens is 3. The van der Waals surface area contributed by atoms with Gasteiger partial charge in [-0.3, -0.25) is 0 Å². The smallest absolute Gasteiger partial charge is 0.113 e. The molecule has 1 fully saturated rings. The SMILES string of the molecule is NCCCCN1CCC(n2nnc3ccccc32)CC1. The lowest BCUT2D eigenvalue weighted by Crippen LogP contribution is -2.35. The monoisotopic (exact) mass is 273 g/mol. The van der Waals surface area contributed by atoms with Gasteiger partial charge in [0.1, 0.15) is 5.52 Å². The Morgan fingerprint density at radius 1 is 1.15 bits per heavy atom. The van der Waals surface area contributed by atoms with Crippen molar-refractivity contribution in [2.45, 2.75) is 31.7 Å². The predicted molar refractivity (Wildman–Crippen MR) is 80.5 cm³/mol. The number of hydrogen-bond acceptors (Lipinski definition) is 4. The number of benzene rings is 1. The van der Waals surface area contributed by atoms with Gasteiger partial charge >= 0.3 is 0 Å². The summed E-state index contributed by atoms with van der Waals surface area (Å²) in [7, 11) is 0. The maximum atomic E-state index is 5.55. The van der Waals surface area contributed by atoms with Gasteiger partial charge in [-0.15, -0.1) is 5.10 Å². The Labute approximate surface area is 119 Å². The van der Waals surface area contributed by atoms with Crippen molar-refractivity contribution in [3.8, 4) is 0 Å². The molecule has 0 spiro atoms. The summed E-state index contributed by atoms with van der Waals surface area (Å²) in [5.74, 6) is 0. The molecule has 0 atom stereocenters. The van der Waals surface area contributed by atoms with E-state index in [1.165, 1.54) is 13.0 Å². The second kappa shape index (κ2) is 6.33. The highest BCUT2D eigenvalue weighted by Crippen LogP contribution is 2.25. The third-order valence-corrected chi connectivity index (χ3v) is 4.21. The molecule has 5 nitrogen and oxygen atoms in total. The van der Waals surface area contributed by atoms with E-state index in [1.54, 1.807) is 0 Å². The van der Waals surface area contributed by atoms with Gasteiger partial charge in [-0.25, -0.2) is 4.68 Å². The van der Waals surface area contributed by atoms with E-state index in [9.17, 15) is 0 Å². The fourth-order valence-corrected chi connectivity index (χ4v) is 3.02. The summed E-state index contributed by atoms with van der Waals surface area (Å²) in [6.07, 6.45) is 4.67. The van der Waals surface area contributed by atoms with E-state index in [0.29, 0.717) is 6.04 Å². The third-order valence-electron chi connectivity index (χ3n) is 4.21. The molecule has 0 bridgehead atoms. The molecule has 2 aromatic rings. The highest BCUT2D eigenvalue weighted by molar-refractivity contribution is 5.73. The maximum Gasteiger partial charge on any atom is 0.113 e. The van der Waals surface area contributed by atoms with Gasteiger partial charge in [0.25, 0.3) is 0 Å². The molecule has 0 aliphatic carbocycles. The van der Waals surface area contributed by atoms with E-state index in [-0.39, 0.29) is 0 Å². The van der Waals surface area contributed by atoms with Gasteiger partial charge in [0.15, 0.2) is 0 Å². The van der Waals surface area contributed by atoms with Gasteiger partial charge in [-0.2, -0.15) is 0 Å². The van der Waals surface area contributed by atoms with Crippen LogP contribution >= 0.6 is 0 Å². The van der Waals surface area contributed by atoms with Crippen molar-refractivity contribution < 1.29 is 0 Å². The molecule has 1 aliphatic rings. The van der Waals surface area contributed by atoms with E-state index in [2.05, 4.69) is 32.0 Å². The van der Waals surface area contributed by atoms with Crippen LogP contribution in [0, 0.1) is 0 Å². The molecule has 0 unspecified atom stereocenters. The summed E-state index contributed by atoms with van der Waals surface area (Å²) in [4.78, 5) is 2.55. The average Bonchev–Trinajstić information content (AvgIpc) is 2.92. The predicted octanol–water partition coefficient (Wildman–Crippen LogP) is 1.81. The Morgan fingerprint density at radius 2 is 1.95 bits per heavy atom. The van der Waals surface area contributed by atoms with Crippen LogP contribution < -0.4 is 5.73 Å². The first-order chi connectivity index (χ1) is 9.88. The third kappa shape index (κ3) is 2.83. The topological polar surface area (TPSA) is 60.0 Å². The second-order valence-electron chi connectivity index (χ2n) is 5.59. The molecule has 1 aromatic heterocycles. The van der Waals surface area contributed by atoms with Crippen molar-refractivity contribution in [2.24, 2.45) is 5.73 Å². The van der Waals surface area contributed by atoms with Crippen molar-refractivity contribution in [1.82, 2.24) is 19.9 Å². The van der Waals surface area contributed by atoms with Crippen molar-refractivity contribution in [3.63, 3.8) is 0 Å². The Morgan fingerprint density at radius 3 is 2.75 bits per heavy atom. The Hall–Kier alpha value is -1.46. The van der Waals surface area contributed by atoms with Crippen LogP contribution in [0.3, 0.4) is 0 Å². The maximum absolute atomic E-state index is 5.55. The van der Waals surface area contributed by atoms with Crippen LogP contribution in [0.15, 0.2) is 24.3 Å². The first kappa shape index (κ1) is 13.5. The van der Waals surface area contributed by atoms with Gasteiger partial charge in [-0.05, 0) is 50.9 Å². The Bertz CT molecular complexity index is 542. The summed E-state index contributed by atoms with van der Waals surface area (Å²) in [6.45, 7) is 4.30. The number of piperidine rings is 1. The standard InChI is InChI=1S/C15H23N5/c16-9-3-4-10-19-11-7-13(8-12-19)20-15-6-2-1-5-14(15)17-18-20/h1-2,5-6,13H,3-4,7-12,16H2. The zero-order valence-electron chi connectivity index (χ0n) is 11.9. The van der Waals surface area contributed by atoms with Crippen LogP contribution in [-0.2, 0) is 0 Å². The van der Waals surface area contributed by atoms with Crippen LogP contribution in [0.2, 0.25) is 0 Å². The van der Waals surface area contributed by atoms with Gasteiger partial charge in [0, 0.05) is 13.1 Å². The van der Waals surface area contributed by atoms with Crippen LogP contribution in [0.25, 0.3) is 11.0 Å². The van der Waals surface area contributed by atoms with Gasteiger partial charge in [0.2, 0.25) is 0 Å². The van der Waals surface area contributed by atoms with E-state index >= 15 is 0 Å². The summed E-state index contributed by atoms with van der Waals surface area (Å²) in [5, 5.41) is 8.61. The molecular weight excluding hydrogens is 250 g/mol. The second-order valence-corrected chi connectivity index (χ2v) is 5.59. The largest absolute Gasteiger partial charge is 0.330 e. The molecule has 1 aromatic carbocycles. The van der Waals surface area contributed by atoms with E-state index in [1.807, 2.05) is 12.1 Å². The molecule has 20 heavy (non-hydrogen) atoms. The summed E-state index contributed by atoms with van der Waals surface area (Å²) in [6, 6.07) is 8.71. The highest BCUT2D eigenvalue weighted by atomic mass is 15.4. The fraction of sp³-hybridized carbons (Fsp3) is 0.600. The van der Waals surface area contributed by atoms with Crippen LogP contribution in [0.5, 0.6) is 0 Å². The highest BCUT2D eigenvalue weighted by Gasteiger charge is 2.22. The van der Waals surface area contributed by atoms with Crippen LogP contribution in [0.4, 0.5) is 0 Å². The lowest BCUT2D eigenvalue weighted by atomic mass is 10.0. The summed E-state index contributed by atoms with van der Waals surface area (Å²) >= 11 is 0. The number of fused-ring (bicyclic) bond motifs is 1. The van der Waals surface area contributed by atoms with E-state index in [0.717, 1.165) is 49.9 Å². The number of rotatable bonds is 5. The molecule has 1 saturated heterocycles. The minimum Gasteiger partial charge on any atom is -0.330 e. The number of likely N-dealkylation sites (tertiary alicyclic amines) is 1. The normalized spacial score (nSPS) is 17.9. The molecule has 2 heterocycles. The molecule has 0 saturated carbocycles. The van der Waals surface area contributed by atoms with Gasteiger partial charge in [0.05, 0.1) is 11.6 Å². The van der Waals surface area contributed by atoms with Crippen molar-refractivity contribution in [1.29, 1.82) is 0 Å². The quantitative estimate of drug-likeness (QED) is 0.844. The van der Waals surface area contributed by atoms with Crippen molar-refractivity contribution in [3.05, 3.63) is 24.3 Å². The minimum absolute atomic E-state index is 0.494. The molecule has 3 rings (SSSR count). The number of unbranched alkanes of at least 4 members (excludes halogenated alkanes) is 1. The lowest BCUT2D eigenvalue weighted by Gasteiger charge is -2.32. The molecule has 1 aliphatic heterocycles. The minimum atomic E-state index is 0.494. The van der Waals surface area contributed by atoms with Gasteiger partial charge in [-0.1, -0.05) is 17.3 Å². The van der Waals surface area contributed by atoms with E-state index < -0.39 is 0 Å². The Balaban J connectivity index is 1.60.